The number of rotatable bonds is 1. The Morgan fingerprint density at radius 2 is 1.88 bits per heavy atom. The Kier molecular flexibility index (Phi) is 2.96. The molecule has 120 valence electrons. The molecule has 3 N–H and O–H groups in total. The average Bonchev–Trinajstić information content (AvgIpc) is 2.97. The Morgan fingerprint density at radius 1 is 1.04 bits per heavy atom. The highest BCUT2D eigenvalue weighted by atomic mass is 19.4. The molecule has 1 aromatic carbocycles. The van der Waals surface area contributed by atoms with Gasteiger partial charge in [0.2, 0.25) is 5.95 Å². The number of nitrogen functional groups attached to an aromatic ring is 1. The Hall–Kier alpha value is -3.16. The van der Waals surface area contributed by atoms with Crippen LogP contribution >= 0.6 is 0 Å². The first-order valence-corrected chi connectivity index (χ1v) is 6.99. The summed E-state index contributed by atoms with van der Waals surface area (Å²) in [5, 5.41) is 1.10. The molecule has 0 saturated heterocycles. The average molecular weight is 329 g/mol. The number of nitrogens with two attached hydrogens (primary N) is 1. The summed E-state index contributed by atoms with van der Waals surface area (Å²) in [5.74, 6) is 0.0887. The molecule has 0 aliphatic carbocycles. The lowest BCUT2D eigenvalue weighted by Crippen LogP contribution is -2.05. The van der Waals surface area contributed by atoms with Crippen molar-refractivity contribution >= 4 is 27.8 Å². The molecule has 0 radical (unpaired) electrons. The molecule has 0 aliphatic heterocycles. The molecule has 3 heterocycles. The summed E-state index contributed by atoms with van der Waals surface area (Å²) in [6.45, 7) is 0. The van der Waals surface area contributed by atoms with Gasteiger partial charge in [-0.1, -0.05) is 12.1 Å². The van der Waals surface area contributed by atoms with Crippen molar-refractivity contribution in [3.63, 3.8) is 0 Å². The smallest absolute Gasteiger partial charge is 0.368 e. The lowest BCUT2D eigenvalue weighted by molar-refractivity contribution is -0.136. The maximum atomic E-state index is 13.2. The fourth-order valence-electron chi connectivity index (χ4n) is 2.78. The summed E-state index contributed by atoms with van der Waals surface area (Å²) in [7, 11) is 0. The van der Waals surface area contributed by atoms with Crippen LogP contribution in [0.25, 0.3) is 32.9 Å². The second kappa shape index (κ2) is 4.92. The molecule has 8 heteroatoms. The Bertz CT molecular complexity index is 1070. The van der Waals surface area contributed by atoms with Crippen LogP contribution in [0.1, 0.15) is 5.56 Å². The highest BCUT2D eigenvalue weighted by Crippen LogP contribution is 2.38. The van der Waals surface area contributed by atoms with E-state index in [9.17, 15) is 13.2 Å². The number of anilines is 1. The summed E-state index contributed by atoms with van der Waals surface area (Å²) < 4.78 is 39.5. The molecular weight excluding hydrogens is 319 g/mol. The summed E-state index contributed by atoms with van der Waals surface area (Å²) in [4.78, 5) is 14.9. The molecule has 0 amide bonds. The zero-order valence-electron chi connectivity index (χ0n) is 12.1. The van der Waals surface area contributed by atoms with E-state index in [0.29, 0.717) is 27.4 Å². The molecule has 5 nitrogen and oxygen atoms in total. The minimum atomic E-state index is -4.44. The lowest BCUT2D eigenvalue weighted by atomic mass is 10.0. The van der Waals surface area contributed by atoms with Gasteiger partial charge in [0, 0.05) is 46.7 Å². The SMILES string of the molecule is Nc1ncc2cncc(-c3c[nH]c4c(C(F)(F)F)cccc34)c2n1. The first-order valence-electron chi connectivity index (χ1n) is 6.99. The van der Waals surface area contributed by atoms with Crippen molar-refractivity contribution in [2.75, 3.05) is 5.73 Å². The van der Waals surface area contributed by atoms with Gasteiger partial charge in [-0.2, -0.15) is 13.2 Å². The number of hydrogen-bond donors (Lipinski definition) is 2. The Morgan fingerprint density at radius 3 is 2.67 bits per heavy atom. The van der Waals surface area contributed by atoms with Crippen LogP contribution in [0.4, 0.5) is 19.1 Å². The summed E-state index contributed by atoms with van der Waals surface area (Å²) in [6.07, 6.45) is 1.75. The summed E-state index contributed by atoms with van der Waals surface area (Å²) in [6, 6.07) is 4.05. The molecule has 0 fully saturated rings. The van der Waals surface area contributed by atoms with Crippen LogP contribution < -0.4 is 5.73 Å². The second-order valence-corrected chi connectivity index (χ2v) is 5.28. The van der Waals surface area contributed by atoms with Crippen molar-refractivity contribution in [2.24, 2.45) is 0 Å². The number of benzene rings is 1. The third-order valence-corrected chi connectivity index (χ3v) is 3.82. The van der Waals surface area contributed by atoms with E-state index in [2.05, 4.69) is 19.9 Å². The van der Waals surface area contributed by atoms with Crippen LogP contribution in [0.2, 0.25) is 0 Å². The van der Waals surface area contributed by atoms with Crippen LogP contribution in [0.15, 0.2) is 43.0 Å². The number of aromatic nitrogens is 4. The number of hydrogen-bond acceptors (Lipinski definition) is 4. The second-order valence-electron chi connectivity index (χ2n) is 5.28. The molecule has 0 bridgehead atoms. The molecule has 4 rings (SSSR count). The fraction of sp³-hybridized carbons (Fsp3) is 0.0625. The van der Waals surface area contributed by atoms with E-state index < -0.39 is 11.7 Å². The van der Waals surface area contributed by atoms with Crippen LogP contribution in [0.3, 0.4) is 0 Å². The fourth-order valence-corrected chi connectivity index (χ4v) is 2.78. The monoisotopic (exact) mass is 329 g/mol. The largest absolute Gasteiger partial charge is 0.418 e. The number of para-hydroxylation sites is 1. The van der Waals surface area contributed by atoms with Gasteiger partial charge in [0.05, 0.1) is 16.6 Å². The van der Waals surface area contributed by atoms with Crippen molar-refractivity contribution in [1.82, 2.24) is 19.9 Å². The zero-order valence-corrected chi connectivity index (χ0v) is 12.1. The van der Waals surface area contributed by atoms with Crippen molar-refractivity contribution < 1.29 is 13.2 Å². The first kappa shape index (κ1) is 14.4. The van der Waals surface area contributed by atoms with E-state index in [-0.39, 0.29) is 11.5 Å². The number of halogens is 3. The molecule has 24 heavy (non-hydrogen) atoms. The van der Waals surface area contributed by atoms with Gasteiger partial charge in [0.25, 0.3) is 0 Å². The number of nitrogens with zero attached hydrogens (tertiary/aromatic N) is 3. The summed E-state index contributed by atoms with van der Waals surface area (Å²) >= 11 is 0. The quantitative estimate of drug-likeness (QED) is 0.557. The van der Waals surface area contributed by atoms with Crippen molar-refractivity contribution in [1.29, 1.82) is 0 Å². The molecular formula is C16H10F3N5. The molecule has 0 unspecified atom stereocenters. The van der Waals surface area contributed by atoms with Crippen molar-refractivity contribution in [3.8, 4) is 11.1 Å². The van der Waals surface area contributed by atoms with Gasteiger partial charge >= 0.3 is 6.18 Å². The molecule has 0 spiro atoms. The van der Waals surface area contributed by atoms with Gasteiger partial charge < -0.3 is 10.7 Å². The third-order valence-electron chi connectivity index (χ3n) is 3.82. The minimum Gasteiger partial charge on any atom is -0.368 e. The van der Waals surface area contributed by atoms with Crippen LogP contribution in [-0.4, -0.2) is 19.9 Å². The predicted molar refractivity (Wildman–Crippen MR) is 84.0 cm³/mol. The van der Waals surface area contributed by atoms with Gasteiger partial charge in [0.15, 0.2) is 0 Å². The maximum Gasteiger partial charge on any atom is 0.418 e. The van der Waals surface area contributed by atoms with E-state index >= 15 is 0 Å². The zero-order chi connectivity index (χ0) is 16.9. The number of pyridine rings is 1. The molecule has 0 aliphatic rings. The topological polar surface area (TPSA) is 80.5 Å². The predicted octanol–water partition coefficient (Wildman–Crippen LogP) is 3.77. The van der Waals surface area contributed by atoms with Crippen LogP contribution in [0.5, 0.6) is 0 Å². The molecule has 3 aromatic heterocycles. The number of fused-ring (bicyclic) bond motifs is 2. The summed E-state index contributed by atoms with van der Waals surface area (Å²) in [5.41, 5.74) is 6.66. The standard InChI is InChI=1S/C16H10F3N5/c17-16(18,19)12-3-1-2-9-10(7-22-14(9)12)11-6-21-4-8-5-23-15(20)24-13(8)11/h1-7,22H,(H2,20,23,24). The van der Waals surface area contributed by atoms with E-state index in [0.717, 1.165) is 6.07 Å². The molecule has 0 atom stereocenters. The van der Waals surface area contributed by atoms with Crippen LogP contribution in [-0.2, 0) is 6.18 Å². The highest BCUT2D eigenvalue weighted by Gasteiger charge is 2.33. The lowest BCUT2D eigenvalue weighted by Gasteiger charge is -2.08. The number of aromatic amines is 1. The van der Waals surface area contributed by atoms with Gasteiger partial charge in [-0.05, 0) is 6.07 Å². The van der Waals surface area contributed by atoms with Crippen molar-refractivity contribution in [2.45, 2.75) is 6.18 Å². The van der Waals surface area contributed by atoms with E-state index in [1.54, 1.807) is 18.5 Å². The normalized spacial score (nSPS) is 12.1. The van der Waals surface area contributed by atoms with Gasteiger partial charge in [-0.25, -0.2) is 9.97 Å². The van der Waals surface area contributed by atoms with E-state index in [1.165, 1.54) is 18.5 Å². The van der Waals surface area contributed by atoms with Crippen molar-refractivity contribution in [3.05, 3.63) is 48.5 Å². The number of alkyl halides is 3. The van der Waals surface area contributed by atoms with Crippen LogP contribution in [0, 0.1) is 0 Å². The highest BCUT2D eigenvalue weighted by molar-refractivity contribution is 6.04. The number of H-pyrrole nitrogens is 1. The Labute approximate surface area is 133 Å². The molecule has 0 saturated carbocycles. The molecule has 4 aromatic rings. The maximum absolute atomic E-state index is 13.2. The van der Waals surface area contributed by atoms with Gasteiger partial charge in [-0.15, -0.1) is 0 Å². The van der Waals surface area contributed by atoms with E-state index in [1.807, 2.05) is 0 Å². The minimum absolute atomic E-state index is 0.0269. The third kappa shape index (κ3) is 2.15. The van der Waals surface area contributed by atoms with Gasteiger partial charge in [0.1, 0.15) is 0 Å². The number of nitrogens with one attached hydrogen (secondary N) is 1. The first-order chi connectivity index (χ1) is 11.4. The Balaban J connectivity index is 2.04. The van der Waals surface area contributed by atoms with Gasteiger partial charge in [-0.3, -0.25) is 4.98 Å². The van der Waals surface area contributed by atoms with E-state index in [4.69, 9.17) is 5.73 Å².